The lowest BCUT2D eigenvalue weighted by Gasteiger charge is -2.10. The summed E-state index contributed by atoms with van der Waals surface area (Å²) in [4.78, 5) is 23.4. The Morgan fingerprint density at radius 3 is 2.66 bits per heavy atom. The van der Waals surface area contributed by atoms with Gasteiger partial charge in [-0.05, 0) is 32.0 Å². The summed E-state index contributed by atoms with van der Waals surface area (Å²) in [7, 11) is 0. The third kappa shape index (κ3) is 4.39. The van der Waals surface area contributed by atoms with E-state index in [0.29, 0.717) is 23.1 Å². The van der Waals surface area contributed by atoms with Crippen LogP contribution in [0.15, 0.2) is 30.5 Å². The standard InChI is InChI=1S/C18H17F2N5O4/c1-10-17(22-18(28)14-5-6-21-24(14)8-16(26)27)11(2)25(23-10)9-29-15-4-3-12(19)7-13(15)20/h3-7H,8-9H2,1-2H3,(H,22,28)(H,26,27). The molecule has 0 bridgehead atoms. The summed E-state index contributed by atoms with van der Waals surface area (Å²) in [5, 5.41) is 19.6. The smallest absolute Gasteiger partial charge is 0.325 e. The van der Waals surface area contributed by atoms with Gasteiger partial charge in [0, 0.05) is 12.3 Å². The maximum absolute atomic E-state index is 13.7. The Bertz CT molecular complexity index is 1080. The molecule has 2 N–H and O–H groups in total. The highest BCUT2D eigenvalue weighted by Crippen LogP contribution is 2.22. The number of aryl methyl sites for hydroxylation is 1. The van der Waals surface area contributed by atoms with Crippen LogP contribution in [-0.2, 0) is 18.1 Å². The van der Waals surface area contributed by atoms with Gasteiger partial charge in [-0.3, -0.25) is 9.59 Å². The molecule has 0 aliphatic heterocycles. The molecular formula is C18H17F2N5O4. The van der Waals surface area contributed by atoms with Crippen LogP contribution < -0.4 is 10.1 Å². The summed E-state index contributed by atoms with van der Waals surface area (Å²) in [6.45, 7) is 2.72. The van der Waals surface area contributed by atoms with Crippen molar-refractivity contribution in [3.63, 3.8) is 0 Å². The van der Waals surface area contributed by atoms with Crippen LogP contribution in [0, 0.1) is 25.5 Å². The monoisotopic (exact) mass is 405 g/mol. The molecule has 1 amide bonds. The summed E-state index contributed by atoms with van der Waals surface area (Å²) in [5.74, 6) is -3.38. The number of nitrogens with one attached hydrogen (secondary N) is 1. The van der Waals surface area contributed by atoms with Gasteiger partial charge in [0.1, 0.15) is 18.1 Å². The molecule has 0 saturated carbocycles. The molecule has 0 radical (unpaired) electrons. The first-order chi connectivity index (χ1) is 13.8. The zero-order chi connectivity index (χ0) is 21.1. The van der Waals surface area contributed by atoms with E-state index in [1.165, 1.54) is 23.0 Å². The van der Waals surface area contributed by atoms with E-state index in [-0.39, 0.29) is 18.2 Å². The number of carbonyl (C=O) groups excluding carboxylic acids is 1. The fraction of sp³-hybridized carbons (Fsp3) is 0.222. The van der Waals surface area contributed by atoms with E-state index in [4.69, 9.17) is 9.84 Å². The molecule has 2 heterocycles. The molecule has 0 atom stereocenters. The van der Waals surface area contributed by atoms with Crippen molar-refractivity contribution >= 4 is 17.6 Å². The molecule has 11 heteroatoms. The lowest BCUT2D eigenvalue weighted by atomic mass is 10.3. The Hall–Kier alpha value is -3.76. The molecule has 1 aromatic carbocycles. The Kier molecular flexibility index (Phi) is 5.57. The fourth-order valence-electron chi connectivity index (χ4n) is 2.68. The number of rotatable bonds is 7. The number of anilines is 1. The number of aromatic nitrogens is 4. The van der Waals surface area contributed by atoms with Crippen molar-refractivity contribution in [2.24, 2.45) is 0 Å². The second-order valence-corrected chi connectivity index (χ2v) is 6.12. The number of carboxylic acid groups (broad SMARTS) is 1. The van der Waals surface area contributed by atoms with Crippen LogP contribution in [0.3, 0.4) is 0 Å². The number of halogens is 2. The minimum Gasteiger partial charge on any atom is -0.480 e. The van der Waals surface area contributed by atoms with Gasteiger partial charge in [-0.25, -0.2) is 18.1 Å². The van der Waals surface area contributed by atoms with Crippen molar-refractivity contribution in [2.75, 3.05) is 5.32 Å². The van der Waals surface area contributed by atoms with Crippen molar-refractivity contribution in [3.05, 3.63) is 59.2 Å². The van der Waals surface area contributed by atoms with E-state index in [1.807, 2.05) is 0 Å². The predicted octanol–water partition coefficient (Wildman–Crippen LogP) is 2.35. The zero-order valence-corrected chi connectivity index (χ0v) is 15.5. The van der Waals surface area contributed by atoms with Gasteiger partial charge in [-0.15, -0.1) is 0 Å². The average Bonchev–Trinajstić information content (AvgIpc) is 3.20. The van der Waals surface area contributed by atoms with Crippen LogP contribution in [0.4, 0.5) is 14.5 Å². The summed E-state index contributed by atoms with van der Waals surface area (Å²) < 4.78 is 34.5. The van der Waals surface area contributed by atoms with Crippen LogP contribution >= 0.6 is 0 Å². The van der Waals surface area contributed by atoms with Gasteiger partial charge in [0.2, 0.25) is 0 Å². The van der Waals surface area contributed by atoms with Crippen LogP contribution in [0.5, 0.6) is 5.75 Å². The number of amides is 1. The number of hydrogen-bond acceptors (Lipinski definition) is 5. The van der Waals surface area contributed by atoms with Gasteiger partial charge in [0.15, 0.2) is 18.3 Å². The predicted molar refractivity (Wildman–Crippen MR) is 96.5 cm³/mol. The van der Waals surface area contributed by atoms with Crippen LogP contribution in [0.1, 0.15) is 21.9 Å². The van der Waals surface area contributed by atoms with Crippen molar-refractivity contribution in [2.45, 2.75) is 27.1 Å². The molecule has 3 aromatic rings. The third-order valence-electron chi connectivity index (χ3n) is 4.09. The minimum absolute atomic E-state index is 0.0728. The maximum Gasteiger partial charge on any atom is 0.325 e. The van der Waals surface area contributed by atoms with Gasteiger partial charge in [-0.2, -0.15) is 10.2 Å². The molecule has 0 fully saturated rings. The van der Waals surface area contributed by atoms with Crippen LogP contribution in [0.2, 0.25) is 0 Å². The first-order valence-electron chi connectivity index (χ1n) is 8.43. The number of hydrogen-bond donors (Lipinski definition) is 2. The Morgan fingerprint density at radius 2 is 1.97 bits per heavy atom. The summed E-state index contributed by atoms with van der Waals surface area (Å²) >= 11 is 0. The Balaban J connectivity index is 1.75. The van der Waals surface area contributed by atoms with Crippen molar-refractivity contribution < 1.29 is 28.2 Å². The highest BCUT2D eigenvalue weighted by Gasteiger charge is 2.19. The van der Waals surface area contributed by atoms with E-state index in [0.717, 1.165) is 10.7 Å². The average molecular weight is 405 g/mol. The summed E-state index contributed by atoms with van der Waals surface area (Å²) in [5.41, 5.74) is 1.48. The molecule has 0 spiro atoms. The molecule has 152 valence electrons. The van der Waals surface area contributed by atoms with E-state index in [2.05, 4.69) is 15.5 Å². The number of carboxylic acids is 1. The second-order valence-electron chi connectivity index (χ2n) is 6.12. The van der Waals surface area contributed by atoms with Crippen LogP contribution in [0.25, 0.3) is 0 Å². The molecule has 2 aromatic heterocycles. The first-order valence-corrected chi connectivity index (χ1v) is 8.43. The summed E-state index contributed by atoms with van der Waals surface area (Å²) in [6.07, 6.45) is 1.33. The second kappa shape index (κ2) is 8.09. The fourth-order valence-corrected chi connectivity index (χ4v) is 2.68. The number of aliphatic carboxylic acids is 1. The van der Waals surface area contributed by atoms with E-state index in [1.54, 1.807) is 13.8 Å². The topological polar surface area (TPSA) is 111 Å². The van der Waals surface area contributed by atoms with Crippen molar-refractivity contribution in [1.29, 1.82) is 0 Å². The van der Waals surface area contributed by atoms with Gasteiger partial charge in [-0.1, -0.05) is 0 Å². The summed E-state index contributed by atoms with van der Waals surface area (Å²) in [6, 6.07) is 4.35. The number of nitrogens with zero attached hydrogens (tertiary/aromatic N) is 4. The number of carbonyl (C=O) groups is 2. The molecular weight excluding hydrogens is 388 g/mol. The highest BCUT2D eigenvalue weighted by atomic mass is 19.1. The number of benzene rings is 1. The molecule has 29 heavy (non-hydrogen) atoms. The molecule has 0 unspecified atom stereocenters. The largest absolute Gasteiger partial charge is 0.480 e. The third-order valence-corrected chi connectivity index (χ3v) is 4.09. The zero-order valence-electron chi connectivity index (χ0n) is 15.5. The maximum atomic E-state index is 13.7. The highest BCUT2D eigenvalue weighted by molar-refractivity contribution is 6.03. The minimum atomic E-state index is -1.13. The molecule has 0 aliphatic carbocycles. The Morgan fingerprint density at radius 1 is 1.21 bits per heavy atom. The SMILES string of the molecule is Cc1nn(COc2ccc(F)cc2F)c(C)c1NC(=O)c1ccnn1CC(=O)O. The van der Waals surface area contributed by atoms with Gasteiger partial charge in [0.05, 0.1) is 17.1 Å². The quantitative estimate of drug-likeness (QED) is 0.624. The molecule has 9 nitrogen and oxygen atoms in total. The normalized spacial score (nSPS) is 10.8. The van der Waals surface area contributed by atoms with Gasteiger partial charge >= 0.3 is 5.97 Å². The van der Waals surface area contributed by atoms with Crippen LogP contribution in [-0.4, -0.2) is 36.5 Å². The van der Waals surface area contributed by atoms with E-state index in [9.17, 15) is 18.4 Å². The molecule has 0 saturated heterocycles. The Labute approximate surface area is 163 Å². The lowest BCUT2D eigenvalue weighted by Crippen LogP contribution is -2.21. The number of ether oxygens (including phenoxy) is 1. The van der Waals surface area contributed by atoms with E-state index >= 15 is 0 Å². The van der Waals surface area contributed by atoms with Gasteiger partial charge < -0.3 is 15.2 Å². The molecule has 3 rings (SSSR count). The van der Waals surface area contributed by atoms with Crippen molar-refractivity contribution in [3.8, 4) is 5.75 Å². The van der Waals surface area contributed by atoms with Gasteiger partial charge in [0.25, 0.3) is 5.91 Å². The van der Waals surface area contributed by atoms with E-state index < -0.39 is 30.1 Å². The van der Waals surface area contributed by atoms with Crippen molar-refractivity contribution in [1.82, 2.24) is 19.6 Å². The first kappa shape index (κ1) is 20.0. The lowest BCUT2D eigenvalue weighted by molar-refractivity contribution is -0.137. The molecule has 0 aliphatic rings.